The zero-order chi connectivity index (χ0) is 22.7. The Morgan fingerprint density at radius 3 is 2.75 bits per heavy atom. The van der Waals surface area contributed by atoms with Crippen molar-refractivity contribution in [3.63, 3.8) is 0 Å². The van der Waals surface area contributed by atoms with Crippen LogP contribution in [0.4, 0.5) is 4.39 Å². The zero-order valence-electron chi connectivity index (χ0n) is 17.5. The molecule has 0 fully saturated rings. The molecule has 0 atom stereocenters. The number of benzene rings is 1. The van der Waals surface area contributed by atoms with E-state index in [-0.39, 0.29) is 41.1 Å². The fraction of sp³-hybridized carbons (Fsp3) is 0.318. The van der Waals surface area contributed by atoms with E-state index in [2.05, 4.69) is 9.97 Å². The first-order chi connectivity index (χ1) is 15.3. The van der Waals surface area contributed by atoms with Crippen LogP contribution in [0.1, 0.15) is 24.1 Å². The van der Waals surface area contributed by atoms with E-state index in [9.17, 15) is 17.6 Å². The monoisotopic (exact) mass is 459 g/mol. The molecule has 3 aromatic rings. The van der Waals surface area contributed by atoms with Crippen molar-refractivity contribution in [2.24, 2.45) is 7.05 Å². The second-order valence-electron chi connectivity index (χ2n) is 7.61. The minimum atomic E-state index is -3.45. The van der Waals surface area contributed by atoms with Crippen molar-refractivity contribution in [2.45, 2.75) is 25.2 Å². The summed E-state index contributed by atoms with van der Waals surface area (Å²) in [5.41, 5.74) is 1.66. The van der Waals surface area contributed by atoms with Crippen LogP contribution in [-0.2, 0) is 34.0 Å². The highest BCUT2D eigenvalue weighted by atomic mass is 32.2. The number of aromatic nitrogens is 3. The Labute approximate surface area is 184 Å². The van der Waals surface area contributed by atoms with Crippen LogP contribution in [0.5, 0.6) is 11.8 Å². The topological polar surface area (TPSA) is 100 Å². The molecule has 0 amide bonds. The molecule has 8 nitrogen and oxygen atoms in total. The zero-order valence-corrected chi connectivity index (χ0v) is 18.3. The average Bonchev–Trinajstić information content (AvgIpc) is 2.74. The highest BCUT2D eigenvalue weighted by Gasteiger charge is 2.18. The van der Waals surface area contributed by atoms with Crippen LogP contribution < -0.4 is 10.3 Å². The number of hydrogen-bond donors (Lipinski definition) is 0. The lowest BCUT2D eigenvalue weighted by atomic mass is 10.2. The van der Waals surface area contributed by atoms with Gasteiger partial charge < -0.3 is 14.0 Å². The van der Waals surface area contributed by atoms with Gasteiger partial charge in [0.1, 0.15) is 0 Å². The quantitative estimate of drug-likeness (QED) is 0.551. The lowest BCUT2D eigenvalue weighted by Crippen LogP contribution is -2.14. The molecule has 1 aliphatic rings. The SMILES string of the molecule is Cn1cc(-c2cc3nc(n2)Oc2cc(ccc2F)COCCCCS(=O)(=O)C3)ccc1=O. The summed E-state index contributed by atoms with van der Waals surface area (Å²) in [6.07, 6.45) is 2.62. The second-order valence-corrected chi connectivity index (χ2v) is 9.80. The number of nitrogens with zero attached hydrogens (tertiary/aromatic N) is 3. The molecule has 1 aromatic carbocycles. The van der Waals surface area contributed by atoms with E-state index < -0.39 is 15.7 Å². The lowest BCUT2D eigenvalue weighted by molar-refractivity contribution is 0.118. The molecule has 168 valence electrons. The molecule has 32 heavy (non-hydrogen) atoms. The third-order valence-electron chi connectivity index (χ3n) is 4.97. The number of pyridine rings is 1. The maximum atomic E-state index is 14.4. The smallest absolute Gasteiger partial charge is 0.322 e. The summed E-state index contributed by atoms with van der Waals surface area (Å²) >= 11 is 0. The first-order valence-electron chi connectivity index (χ1n) is 10.1. The van der Waals surface area contributed by atoms with Gasteiger partial charge in [0.2, 0.25) is 5.56 Å². The maximum absolute atomic E-state index is 14.4. The molecule has 0 aliphatic carbocycles. The summed E-state index contributed by atoms with van der Waals surface area (Å²) in [5.74, 6) is -1.02. The number of fused-ring (bicyclic) bond motifs is 4. The van der Waals surface area contributed by atoms with Crippen molar-refractivity contribution >= 4 is 9.84 Å². The van der Waals surface area contributed by atoms with Crippen LogP contribution in [0.15, 0.2) is 47.4 Å². The highest BCUT2D eigenvalue weighted by Crippen LogP contribution is 2.27. The molecule has 10 heteroatoms. The van der Waals surface area contributed by atoms with Crippen LogP contribution in [0.25, 0.3) is 11.3 Å². The number of rotatable bonds is 1. The Bertz CT molecular complexity index is 1310. The number of hydrogen-bond acceptors (Lipinski definition) is 7. The van der Waals surface area contributed by atoms with Gasteiger partial charge >= 0.3 is 6.01 Å². The average molecular weight is 459 g/mol. The van der Waals surface area contributed by atoms with Gasteiger partial charge in [-0.15, -0.1) is 0 Å². The molecule has 0 unspecified atom stereocenters. The third kappa shape index (κ3) is 5.38. The number of halogens is 1. The van der Waals surface area contributed by atoms with E-state index in [1.165, 1.54) is 28.8 Å². The molecule has 4 rings (SSSR count). The minimum Gasteiger partial charge on any atom is -0.421 e. The summed E-state index contributed by atoms with van der Waals surface area (Å²) < 4.78 is 52.2. The highest BCUT2D eigenvalue weighted by molar-refractivity contribution is 7.90. The molecule has 0 N–H and O–H groups in total. The molecular formula is C22H22FN3O5S. The summed E-state index contributed by atoms with van der Waals surface area (Å²) in [6.45, 7) is 0.640. The molecule has 0 saturated heterocycles. The predicted molar refractivity (Wildman–Crippen MR) is 116 cm³/mol. The van der Waals surface area contributed by atoms with Gasteiger partial charge in [0, 0.05) is 31.5 Å². The van der Waals surface area contributed by atoms with Gasteiger partial charge in [-0.3, -0.25) is 4.79 Å². The van der Waals surface area contributed by atoms with Crippen molar-refractivity contribution in [2.75, 3.05) is 12.4 Å². The summed E-state index contributed by atoms with van der Waals surface area (Å²) in [6, 6.07) is 8.69. The summed E-state index contributed by atoms with van der Waals surface area (Å²) in [4.78, 5) is 20.3. The van der Waals surface area contributed by atoms with E-state index in [1.54, 1.807) is 25.4 Å². The summed E-state index contributed by atoms with van der Waals surface area (Å²) in [7, 11) is -1.85. The Kier molecular flexibility index (Phi) is 6.33. The fourth-order valence-corrected chi connectivity index (χ4v) is 4.70. The van der Waals surface area contributed by atoms with E-state index in [0.29, 0.717) is 36.3 Å². The second kappa shape index (κ2) is 9.17. The largest absolute Gasteiger partial charge is 0.421 e. The van der Waals surface area contributed by atoms with Crippen molar-refractivity contribution in [1.82, 2.24) is 14.5 Å². The van der Waals surface area contributed by atoms with E-state index in [0.717, 1.165) is 0 Å². The molecule has 1 aliphatic heterocycles. The van der Waals surface area contributed by atoms with Gasteiger partial charge in [0.05, 0.1) is 29.5 Å². The van der Waals surface area contributed by atoms with Gasteiger partial charge in [-0.05, 0) is 42.7 Å². The van der Waals surface area contributed by atoms with Crippen LogP contribution in [-0.4, -0.2) is 35.3 Å². The number of ether oxygens (including phenoxy) is 2. The molecule has 0 radical (unpaired) electrons. The van der Waals surface area contributed by atoms with Crippen molar-refractivity contribution in [3.05, 3.63) is 70.0 Å². The summed E-state index contributed by atoms with van der Waals surface area (Å²) in [5, 5.41) is 0. The predicted octanol–water partition coefficient (Wildman–Crippen LogP) is 3.00. The van der Waals surface area contributed by atoms with Gasteiger partial charge in [-0.1, -0.05) is 6.07 Å². The Balaban J connectivity index is 1.81. The molecule has 3 heterocycles. The van der Waals surface area contributed by atoms with E-state index in [4.69, 9.17) is 9.47 Å². The van der Waals surface area contributed by atoms with Crippen LogP contribution in [0, 0.1) is 5.82 Å². The molecule has 2 aromatic heterocycles. The van der Waals surface area contributed by atoms with Crippen LogP contribution in [0.3, 0.4) is 0 Å². The van der Waals surface area contributed by atoms with Gasteiger partial charge in [-0.2, -0.15) is 9.97 Å². The maximum Gasteiger partial charge on any atom is 0.322 e. The Hall–Kier alpha value is -3.11. The Morgan fingerprint density at radius 1 is 1.09 bits per heavy atom. The fourth-order valence-electron chi connectivity index (χ4n) is 3.31. The molecule has 4 bridgehead atoms. The number of sulfone groups is 1. The van der Waals surface area contributed by atoms with E-state index in [1.807, 2.05) is 0 Å². The Morgan fingerprint density at radius 2 is 1.94 bits per heavy atom. The number of aryl methyl sites for hydroxylation is 1. The van der Waals surface area contributed by atoms with Crippen LogP contribution >= 0.6 is 0 Å². The molecule has 0 spiro atoms. The normalized spacial score (nSPS) is 16.4. The van der Waals surface area contributed by atoms with Gasteiger partial charge in [-0.25, -0.2) is 12.8 Å². The third-order valence-corrected chi connectivity index (χ3v) is 6.61. The lowest BCUT2D eigenvalue weighted by Gasteiger charge is -2.11. The van der Waals surface area contributed by atoms with E-state index >= 15 is 0 Å². The van der Waals surface area contributed by atoms with Gasteiger partial charge in [0.25, 0.3) is 0 Å². The first-order valence-corrected chi connectivity index (χ1v) is 11.9. The molecular weight excluding hydrogens is 437 g/mol. The molecule has 0 saturated carbocycles. The van der Waals surface area contributed by atoms with Gasteiger partial charge in [0.15, 0.2) is 21.4 Å². The standard InChI is InChI=1S/C22H22FN3O5S/c1-26-12-16(5-7-21(26)27)19-11-17-14-32(28,29)9-3-2-8-30-13-15-4-6-18(23)20(10-15)31-22(24-17)25-19/h4-7,10-12H,2-3,8-9,13-14H2,1H3. The minimum absolute atomic E-state index is 0.00585. The van der Waals surface area contributed by atoms with Crippen molar-refractivity contribution in [3.8, 4) is 23.0 Å². The van der Waals surface area contributed by atoms with Crippen LogP contribution in [0.2, 0.25) is 0 Å². The van der Waals surface area contributed by atoms with Crippen molar-refractivity contribution in [1.29, 1.82) is 0 Å². The first kappa shape index (κ1) is 22.1. The van der Waals surface area contributed by atoms with Crippen molar-refractivity contribution < 1.29 is 22.3 Å².